The zero-order valence-electron chi connectivity index (χ0n) is 19.5. The standard InChI is InChI=1S/C27H31N5O/c1-20-10-12-24-22(19-20)27(33)30(2)25(29-24)9-5-6-14-31-15-17-32(18-16-31)26-13-11-21-7-3-4-8-23(21)28-26/h3-4,7-8,10-13,19H,5-6,9,14-18H2,1-2H3. The molecule has 1 aliphatic rings. The van der Waals surface area contributed by atoms with E-state index in [4.69, 9.17) is 9.97 Å². The van der Waals surface area contributed by atoms with Crippen molar-refractivity contribution >= 4 is 27.6 Å². The summed E-state index contributed by atoms with van der Waals surface area (Å²) in [5, 5.41) is 1.90. The number of para-hydroxylation sites is 1. The Morgan fingerprint density at radius 2 is 1.70 bits per heavy atom. The van der Waals surface area contributed by atoms with Crippen molar-refractivity contribution in [1.82, 2.24) is 19.4 Å². The minimum atomic E-state index is 0.0529. The molecule has 0 saturated carbocycles. The smallest absolute Gasteiger partial charge is 0.261 e. The first-order chi connectivity index (χ1) is 16.1. The van der Waals surface area contributed by atoms with E-state index in [2.05, 4.69) is 40.1 Å². The minimum Gasteiger partial charge on any atom is -0.354 e. The third-order valence-electron chi connectivity index (χ3n) is 6.73. The van der Waals surface area contributed by atoms with Crippen LogP contribution in [0, 0.1) is 6.92 Å². The van der Waals surface area contributed by atoms with Crippen molar-refractivity contribution < 1.29 is 0 Å². The predicted molar refractivity (Wildman–Crippen MR) is 135 cm³/mol. The lowest BCUT2D eigenvalue weighted by Gasteiger charge is -2.35. The number of aromatic nitrogens is 3. The van der Waals surface area contributed by atoms with Crippen LogP contribution in [-0.4, -0.2) is 52.2 Å². The normalized spacial score (nSPS) is 14.9. The van der Waals surface area contributed by atoms with Crippen LogP contribution in [0.4, 0.5) is 5.82 Å². The van der Waals surface area contributed by atoms with Crippen LogP contribution in [-0.2, 0) is 13.5 Å². The van der Waals surface area contributed by atoms with E-state index in [1.165, 1.54) is 5.39 Å². The van der Waals surface area contributed by atoms with Crippen LogP contribution in [0.2, 0.25) is 0 Å². The SMILES string of the molecule is Cc1ccc2nc(CCCCN3CCN(c4ccc5ccccc5n4)CC3)n(C)c(=O)c2c1. The van der Waals surface area contributed by atoms with Crippen molar-refractivity contribution in [2.75, 3.05) is 37.6 Å². The van der Waals surface area contributed by atoms with Crippen LogP contribution in [0.5, 0.6) is 0 Å². The summed E-state index contributed by atoms with van der Waals surface area (Å²) in [4.78, 5) is 27.2. The van der Waals surface area contributed by atoms with Crippen molar-refractivity contribution in [2.24, 2.45) is 7.05 Å². The van der Waals surface area contributed by atoms with E-state index in [0.717, 1.165) is 80.2 Å². The van der Waals surface area contributed by atoms with E-state index in [1.807, 2.05) is 38.2 Å². The molecule has 1 saturated heterocycles. The maximum Gasteiger partial charge on any atom is 0.261 e. The summed E-state index contributed by atoms with van der Waals surface area (Å²) in [6.07, 6.45) is 2.97. The molecule has 0 amide bonds. The van der Waals surface area contributed by atoms with E-state index in [0.29, 0.717) is 5.39 Å². The number of unbranched alkanes of at least 4 members (excludes halogenated alkanes) is 1. The first-order valence-corrected chi connectivity index (χ1v) is 11.9. The number of hydrogen-bond acceptors (Lipinski definition) is 5. The zero-order chi connectivity index (χ0) is 22.8. The van der Waals surface area contributed by atoms with Crippen LogP contribution in [0.1, 0.15) is 24.2 Å². The number of piperazine rings is 1. The first-order valence-electron chi connectivity index (χ1n) is 11.9. The monoisotopic (exact) mass is 441 g/mol. The van der Waals surface area contributed by atoms with Crippen molar-refractivity contribution in [3.8, 4) is 0 Å². The largest absolute Gasteiger partial charge is 0.354 e. The number of fused-ring (bicyclic) bond motifs is 2. The van der Waals surface area contributed by atoms with Crippen LogP contribution in [0.3, 0.4) is 0 Å². The Labute approximate surface area is 194 Å². The topological polar surface area (TPSA) is 54.3 Å². The van der Waals surface area contributed by atoms with Gasteiger partial charge in [-0.05, 0) is 56.6 Å². The first kappa shape index (κ1) is 21.6. The molecule has 1 aliphatic heterocycles. The van der Waals surface area contributed by atoms with Gasteiger partial charge in [-0.1, -0.05) is 29.8 Å². The molecule has 0 aliphatic carbocycles. The van der Waals surface area contributed by atoms with Crippen LogP contribution >= 0.6 is 0 Å². The molecule has 0 radical (unpaired) electrons. The molecule has 0 atom stereocenters. The molecular weight excluding hydrogens is 410 g/mol. The summed E-state index contributed by atoms with van der Waals surface area (Å²) in [7, 11) is 1.84. The minimum absolute atomic E-state index is 0.0529. The number of pyridine rings is 1. The second-order valence-electron chi connectivity index (χ2n) is 9.06. The average molecular weight is 442 g/mol. The van der Waals surface area contributed by atoms with Gasteiger partial charge < -0.3 is 4.90 Å². The predicted octanol–water partition coefficient (Wildman–Crippen LogP) is 3.94. The van der Waals surface area contributed by atoms with E-state index >= 15 is 0 Å². The third kappa shape index (κ3) is 4.62. The highest BCUT2D eigenvalue weighted by Gasteiger charge is 2.18. The van der Waals surface area contributed by atoms with Crippen molar-refractivity contribution in [3.05, 3.63) is 76.3 Å². The fraction of sp³-hybridized carbons (Fsp3) is 0.370. The molecule has 33 heavy (non-hydrogen) atoms. The van der Waals surface area contributed by atoms with Gasteiger partial charge in [0.05, 0.1) is 16.4 Å². The summed E-state index contributed by atoms with van der Waals surface area (Å²) < 4.78 is 1.72. The number of rotatable bonds is 6. The van der Waals surface area contributed by atoms with Crippen molar-refractivity contribution in [1.29, 1.82) is 0 Å². The van der Waals surface area contributed by atoms with Crippen molar-refractivity contribution in [2.45, 2.75) is 26.2 Å². The second-order valence-corrected chi connectivity index (χ2v) is 9.06. The number of hydrogen-bond donors (Lipinski definition) is 0. The van der Waals surface area contributed by atoms with E-state index < -0.39 is 0 Å². The van der Waals surface area contributed by atoms with Gasteiger partial charge in [-0.3, -0.25) is 14.3 Å². The van der Waals surface area contributed by atoms with E-state index in [9.17, 15) is 4.79 Å². The Bertz CT molecular complexity index is 1340. The summed E-state index contributed by atoms with van der Waals surface area (Å²) in [6, 6.07) is 18.5. The lowest BCUT2D eigenvalue weighted by molar-refractivity contribution is 0.252. The molecule has 5 rings (SSSR count). The molecule has 0 N–H and O–H groups in total. The average Bonchev–Trinajstić information content (AvgIpc) is 2.85. The number of aryl methyl sites for hydroxylation is 2. The van der Waals surface area contributed by atoms with Crippen LogP contribution in [0.25, 0.3) is 21.8 Å². The molecule has 6 heteroatoms. The van der Waals surface area contributed by atoms with Gasteiger partial charge in [0.2, 0.25) is 0 Å². The number of nitrogens with zero attached hydrogens (tertiary/aromatic N) is 5. The van der Waals surface area contributed by atoms with Gasteiger partial charge in [0.15, 0.2) is 0 Å². The highest BCUT2D eigenvalue weighted by atomic mass is 16.1. The van der Waals surface area contributed by atoms with Gasteiger partial charge in [-0.2, -0.15) is 0 Å². The van der Waals surface area contributed by atoms with Gasteiger partial charge in [-0.15, -0.1) is 0 Å². The maximum atomic E-state index is 12.7. The lowest BCUT2D eigenvalue weighted by atomic mass is 10.1. The Balaban J connectivity index is 1.12. The fourth-order valence-electron chi connectivity index (χ4n) is 4.70. The Hall–Kier alpha value is -3.25. The van der Waals surface area contributed by atoms with Gasteiger partial charge in [-0.25, -0.2) is 9.97 Å². The molecule has 0 bridgehead atoms. The van der Waals surface area contributed by atoms with Gasteiger partial charge in [0.1, 0.15) is 11.6 Å². The Morgan fingerprint density at radius 1 is 0.879 bits per heavy atom. The molecule has 0 spiro atoms. The molecule has 0 unspecified atom stereocenters. The zero-order valence-corrected chi connectivity index (χ0v) is 19.5. The molecular formula is C27H31N5O. The van der Waals surface area contributed by atoms with Crippen LogP contribution in [0.15, 0.2) is 59.4 Å². The highest BCUT2D eigenvalue weighted by molar-refractivity contribution is 5.80. The second kappa shape index (κ2) is 9.32. The van der Waals surface area contributed by atoms with Gasteiger partial charge in [0.25, 0.3) is 5.56 Å². The molecule has 1 fully saturated rings. The number of benzene rings is 2. The lowest BCUT2D eigenvalue weighted by Crippen LogP contribution is -2.46. The van der Waals surface area contributed by atoms with Crippen LogP contribution < -0.4 is 10.5 Å². The molecule has 3 heterocycles. The van der Waals surface area contributed by atoms with Crippen molar-refractivity contribution in [3.63, 3.8) is 0 Å². The van der Waals surface area contributed by atoms with E-state index in [-0.39, 0.29) is 5.56 Å². The number of anilines is 1. The molecule has 170 valence electrons. The van der Waals surface area contributed by atoms with Gasteiger partial charge >= 0.3 is 0 Å². The molecule has 6 nitrogen and oxygen atoms in total. The quantitative estimate of drug-likeness (QED) is 0.424. The highest BCUT2D eigenvalue weighted by Crippen LogP contribution is 2.19. The summed E-state index contributed by atoms with van der Waals surface area (Å²) in [5.41, 5.74) is 3.00. The van der Waals surface area contributed by atoms with Gasteiger partial charge in [0, 0.05) is 45.0 Å². The summed E-state index contributed by atoms with van der Waals surface area (Å²) in [5.74, 6) is 1.95. The molecule has 4 aromatic rings. The Morgan fingerprint density at radius 3 is 2.55 bits per heavy atom. The molecule has 2 aromatic heterocycles. The molecule has 2 aromatic carbocycles. The summed E-state index contributed by atoms with van der Waals surface area (Å²) in [6.45, 7) is 7.21. The maximum absolute atomic E-state index is 12.7. The summed E-state index contributed by atoms with van der Waals surface area (Å²) >= 11 is 0. The fourth-order valence-corrected chi connectivity index (χ4v) is 4.70. The Kier molecular flexibility index (Phi) is 6.09. The van der Waals surface area contributed by atoms with E-state index in [1.54, 1.807) is 4.57 Å². The third-order valence-corrected chi connectivity index (χ3v) is 6.73.